The maximum atomic E-state index is 3.52. The first-order valence-corrected chi connectivity index (χ1v) is 7.02. The predicted molar refractivity (Wildman–Crippen MR) is 70.2 cm³/mol. The normalized spacial score (nSPS) is 33.8. The molecule has 1 aliphatic heterocycles. The zero-order chi connectivity index (χ0) is 11.7. The summed E-state index contributed by atoms with van der Waals surface area (Å²) in [5, 5.41) is 3.52. The van der Waals surface area contributed by atoms with E-state index in [0.717, 1.165) is 5.92 Å². The van der Waals surface area contributed by atoms with Gasteiger partial charge in [0.1, 0.15) is 0 Å². The molecule has 2 rings (SSSR count). The van der Waals surface area contributed by atoms with Crippen LogP contribution in [0.4, 0.5) is 0 Å². The van der Waals surface area contributed by atoms with Crippen LogP contribution < -0.4 is 5.32 Å². The zero-order valence-corrected chi connectivity index (χ0v) is 11.5. The molecule has 1 aliphatic carbocycles. The maximum absolute atomic E-state index is 3.52. The van der Waals surface area contributed by atoms with Crippen LogP contribution in [-0.2, 0) is 0 Å². The van der Waals surface area contributed by atoms with Crippen molar-refractivity contribution in [1.29, 1.82) is 0 Å². The van der Waals surface area contributed by atoms with Gasteiger partial charge in [-0.25, -0.2) is 0 Å². The fourth-order valence-electron chi connectivity index (χ4n) is 2.85. The van der Waals surface area contributed by atoms with Crippen LogP contribution in [0.15, 0.2) is 0 Å². The third-order valence-electron chi connectivity index (χ3n) is 3.73. The summed E-state index contributed by atoms with van der Waals surface area (Å²) >= 11 is 0. The summed E-state index contributed by atoms with van der Waals surface area (Å²) in [4.78, 5) is 0. The van der Waals surface area contributed by atoms with Gasteiger partial charge in [-0.2, -0.15) is 0 Å². The third-order valence-corrected chi connectivity index (χ3v) is 3.73. The lowest BCUT2D eigenvalue weighted by Gasteiger charge is -2.45. The number of fused-ring (bicyclic) bond motifs is 1. The molecule has 1 nitrogen and oxygen atoms in total. The number of nitrogens with one attached hydrogen (secondary N) is 1. The Hall–Kier alpha value is -0.0400. The summed E-state index contributed by atoms with van der Waals surface area (Å²) in [6.45, 7) is 13.0. The Bertz CT molecular complexity index is 130. The predicted octanol–water partition coefficient (Wildman–Crippen LogP) is 4.23. The summed E-state index contributed by atoms with van der Waals surface area (Å²) in [6, 6.07) is 0. The molecule has 0 bridgehead atoms. The number of hydrogen-bond donors (Lipinski definition) is 1. The molecule has 92 valence electrons. The quantitative estimate of drug-likeness (QED) is 0.635. The highest BCUT2D eigenvalue weighted by Gasteiger charge is 2.37. The lowest BCUT2D eigenvalue weighted by molar-refractivity contribution is 0.0797. The molecule has 2 unspecified atom stereocenters. The average molecular weight is 213 g/mol. The van der Waals surface area contributed by atoms with E-state index in [1.54, 1.807) is 0 Å². The molecule has 2 aliphatic rings. The van der Waals surface area contributed by atoms with Gasteiger partial charge in [-0.15, -0.1) is 0 Å². The molecule has 1 heteroatoms. The van der Waals surface area contributed by atoms with E-state index in [2.05, 4.69) is 12.2 Å². The first-order chi connectivity index (χ1) is 7.31. The Morgan fingerprint density at radius 3 is 2.27 bits per heavy atom. The van der Waals surface area contributed by atoms with Gasteiger partial charge in [0.2, 0.25) is 0 Å². The van der Waals surface area contributed by atoms with Gasteiger partial charge in [-0.05, 0) is 37.1 Å². The molecule has 1 N–H and O–H groups in total. The van der Waals surface area contributed by atoms with Crippen LogP contribution in [0.2, 0.25) is 0 Å². The van der Waals surface area contributed by atoms with E-state index in [-0.39, 0.29) is 0 Å². The highest BCUT2D eigenvalue weighted by molar-refractivity contribution is 4.91. The Kier molecular flexibility index (Phi) is 8.13. The molecule has 0 aromatic heterocycles. The number of rotatable bonds is 0. The Morgan fingerprint density at radius 2 is 1.67 bits per heavy atom. The van der Waals surface area contributed by atoms with E-state index in [0.29, 0.717) is 5.41 Å². The highest BCUT2D eigenvalue weighted by atomic mass is 14.9. The van der Waals surface area contributed by atoms with Crippen molar-refractivity contribution in [2.75, 3.05) is 13.1 Å². The number of piperidine rings is 1. The second kappa shape index (κ2) is 8.15. The van der Waals surface area contributed by atoms with Crippen LogP contribution >= 0.6 is 0 Å². The van der Waals surface area contributed by atoms with Gasteiger partial charge in [0.25, 0.3) is 0 Å². The Morgan fingerprint density at radius 1 is 1.00 bits per heavy atom. The third kappa shape index (κ3) is 4.14. The van der Waals surface area contributed by atoms with Crippen molar-refractivity contribution in [3.05, 3.63) is 0 Å². The van der Waals surface area contributed by atoms with Gasteiger partial charge in [-0.1, -0.05) is 47.5 Å². The van der Waals surface area contributed by atoms with Gasteiger partial charge >= 0.3 is 0 Å². The SMILES string of the molecule is CC.CC.CC12CCCCC1CCNC2. The molecular formula is C14H31N. The molecule has 0 aromatic carbocycles. The molecule has 2 fully saturated rings. The largest absolute Gasteiger partial charge is 0.316 e. The molecule has 1 saturated heterocycles. The molecule has 0 spiro atoms. The van der Waals surface area contributed by atoms with E-state index in [4.69, 9.17) is 0 Å². The average Bonchev–Trinajstić information content (AvgIpc) is 2.33. The molecule has 1 saturated carbocycles. The molecule has 0 aromatic rings. The lowest BCUT2D eigenvalue weighted by atomic mass is 9.65. The summed E-state index contributed by atoms with van der Waals surface area (Å²) in [5.74, 6) is 1.04. The summed E-state index contributed by atoms with van der Waals surface area (Å²) in [6.07, 6.45) is 7.34. The summed E-state index contributed by atoms with van der Waals surface area (Å²) < 4.78 is 0. The zero-order valence-electron chi connectivity index (χ0n) is 11.5. The summed E-state index contributed by atoms with van der Waals surface area (Å²) in [7, 11) is 0. The van der Waals surface area contributed by atoms with Crippen LogP contribution in [-0.4, -0.2) is 13.1 Å². The monoisotopic (exact) mass is 213 g/mol. The van der Waals surface area contributed by atoms with Crippen LogP contribution in [0.3, 0.4) is 0 Å². The molecule has 0 amide bonds. The smallest absolute Gasteiger partial charge is 0.000782 e. The van der Waals surface area contributed by atoms with Gasteiger partial charge in [-0.3, -0.25) is 0 Å². The lowest BCUT2D eigenvalue weighted by Crippen LogP contribution is -2.46. The second-order valence-corrected chi connectivity index (χ2v) is 4.56. The first-order valence-electron chi connectivity index (χ1n) is 7.02. The molecule has 15 heavy (non-hydrogen) atoms. The highest BCUT2D eigenvalue weighted by Crippen LogP contribution is 2.43. The fraction of sp³-hybridized carbons (Fsp3) is 1.00. The Balaban J connectivity index is 0.000000442. The minimum Gasteiger partial charge on any atom is -0.316 e. The van der Waals surface area contributed by atoms with Crippen LogP contribution in [0, 0.1) is 11.3 Å². The van der Waals surface area contributed by atoms with Gasteiger partial charge in [0.05, 0.1) is 0 Å². The Labute approximate surface area is 97.0 Å². The van der Waals surface area contributed by atoms with E-state index in [9.17, 15) is 0 Å². The van der Waals surface area contributed by atoms with Crippen molar-refractivity contribution < 1.29 is 0 Å². The fourth-order valence-corrected chi connectivity index (χ4v) is 2.85. The van der Waals surface area contributed by atoms with E-state index in [1.807, 2.05) is 27.7 Å². The van der Waals surface area contributed by atoms with Gasteiger partial charge in [0.15, 0.2) is 0 Å². The molecule has 1 heterocycles. The topological polar surface area (TPSA) is 12.0 Å². The van der Waals surface area contributed by atoms with E-state index >= 15 is 0 Å². The van der Waals surface area contributed by atoms with Crippen LogP contribution in [0.25, 0.3) is 0 Å². The maximum Gasteiger partial charge on any atom is 0.000782 e. The van der Waals surface area contributed by atoms with Crippen molar-refractivity contribution in [1.82, 2.24) is 5.32 Å². The van der Waals surface area contributed by atoms with E-state index in [1.165, 1.54) is 45.2 Å². The van der Waals surface area contributed by atoms with Crippen molar-refractivity contribution in [2.45, 2.75) is 66.7 Å². The van der Waals surface area contributed by atoms with Crippen molar-refractivity contribution in [2.24, 2.45) is 11.3 Å². The second-order valence-electron chi connectivity index (χ2n) is 4.56. The van der Waals surface area contributed by atoms with Crippen molar-refractivity contribution in [3.8, 4) is 0 Å². The van der Waals surface area contributed by atoms with Crippen molar-refractivity contribution >= 4 is 0 Å². The van der Waals surface area contributed by atoms with Crippen LogP contribution in [0.5, 0.6) is 0 Å². The van der Waals surface area contributed by atoms with Gasteiger partial charge in [0, 0.05) is 6.54 Å². The minimum atomic E-state index is 0.663. The first kappa shape index (κ1) is 15.0. The molecule has 0 radical (unpaired) electrons. The van der Waals surface area contributed by atoms with Gasteiger partial charge < -0.3 is 5.32 Å². The number of hydrogen-bond acceptors (Lipinski definition) is 1. The van der Waals surface area contributed by atoms with Crippen molar-refractivity contribution in [3.63, 3.8) is 0 Å². The molecular weight excluding hydrogens is 182 g/mol. The van der Waals surface area contributed by atoms with E-state index < -0.39 is 0 Å². The standard InChI is InChI=1S/C10H19N.2C2H6/c1-10-6-3-2-4-9(10)5-7-11-8-10;2*1-2/h9,11H,2-8H2,1H3;2*1-2H3. The molecule has 2 atom stereocenters. The van der Waals surface area contributed by atoms with Crippen LogP contribution in [0.1, 0.15) is 66.7 Å². The minimum absolute atomic E-state index is 0.663. The summed E-state index contributed by atoms with van der Waals surface area (Å²) in [5.41, 5.74) is 0.663.